The van der Waals surface area contributed by atoms with E-state index >= 15 is 0 Å². The van der Waals surface area contributed by atoms with Crippen LogP contribution in [-0.2, 0) is 9.59 Å². The first-order valence-electron chi connectivity index (χ1n) is 9.18. The van der Waals surface area contributed by atoms with E-state index in [1.54, 1.807) is 18.2 Å². The van der Waals surface area contributed by atoms with Gasteiger partial charge in [0.15, 0.2) is 0 Å². The number of anilines is 1. The van der Waals surface area contributed by atoms with Gasteiger partial charge in [0.2, 0.25) is 0 Å². The van der Waals surface area contributed by atoms with E-state index in [4.69, 9.17) is 11.6 Å². The number of carbonyl (C=O) groups excluding carboxylic acids is 2. The summed E-state index contributed by atoms with van der Waals surface area (Å²) in [4.78, 5) is 30.1. The Labute approximate surface area is 164 Å². The van der Waals surface area contributed by atoms with Crippen molar-refractivity contribution in [2.75, 3.05) is 18.0 Å². The molecule has 0 aliphatic carbocycles. The molecule has 0 bridgehead atoms. The van der Waals surface area contributed by atoms with Crippen molar-refractivity contribution in [1.82, 2.24) is 4.90 Å². The normalized spacial score (nSPS) is 17.4. The first-order valence-corrected chi connectivity index (χ1v) is 9.56. The molecule has 2 aliphatic heterocycles. The summed E-state index contributed by atoms with van der Waals surface area (Å²) in [5.74, 6) is -0.515. The van der Waals surface area contributed by atoms with Crippen LogP contribution in [0.5, 0.6) is 0 Å². The molecule has 27 heavy (non-hydrogen) atoms. The molecule has 0 radical (unpaired) electrons. The molecule has 2 aromatic carbocycles. The summed E-state index contributed by atoms with van der Waals surface area (Å²) >= 11 is 6.06. The Bertz CT molecular complexity index is 957. The van der Waals surface area contributed by atoms with Crippen molar-refractivity contribution in [3.05, 3.63) is 69.9 Å². The van der Waals surface area contributed by atoms with Crippen LogP contribution in [0, 0.1) is 13.8 Å². The van der Waals surface area contributed by atoms with Crippen molar-refractivity contribution in [3.63, 3.8) is 0 Å². The summed E-state index contributed by atoms with van der Waals surface area (Å²) in [5.41, 5.74) is 4.31. The van der Waals surface area contributed by atoms with Crippen molar-refractivity contribution >= 4 is 34.7 Å². The second-order valence-electron chi connectivity index (χ2n) is 7.16. The van der Waals surface area contributed by atoms with E-state index in [1.807, 2.05) is 38.1 Å². The zero-order chi connectivity index (χ0) is 19.1. The van der Waals surface area contributed by atoms with Crippen LogP contribution in [0.3, 0.4) is 0 Å². The van der Waals surface area contributed by atoms with Gasteiger partial charge in [-0.2, -0.15) is 0 Å². The van der Waals surface area contributed by atoms with Gasteiger partial charge in [0.1, 0.15) is 5.70 Å². The molecule has 0 atom stereocenters. The van der Waals surface area contributed by atoms with Crippen molar-refractivity contribution in [2.45, 2.75) is 26.7 Å². The Hall–Kier alpha value is -2.59. The summed E-state index contributed by atoms with van der Waals surface area (Å²) < 4.78 is 0. The lowest BCUT2D eigenvalue weighted by Crippen LogP contribution is -2.35. The average Bonchev–Trinajstić information content (AvgIpc) is 3.23. The molecule has 2 heterocycles. The Morgan fingerprint density at radius 3 is 2.19 bits per heavy atom. The standard InChI is InChI=1S/C22H21ClN2O2/c1-14-5-7-16(8-6-14)19-20(24-11-3-4-12-24)22(27)25(21(19)26)18-10-9-17(23)13-15(18)2/h5-10,13H,3-4,11-12H2,1-2H3. The van der Waals surface area contributed by atoms with Gasteiger partial charge in [-0.3, -0.25) is 9.59 Å². The number of likely N-dealkylation sites (tertiary alicyclic amines) is 1. The zero-order valence-corrected chi connectivity index (χ0v) is 16.2. The van der Waals surface area contributed by atoms with Crippen molar-refractivity contribution in [2.24, 2.45) is 0 Å². The van der Waals surface area contributed by atoms with E-state index in [2.05, 4.69) is 4.90 Å². The first-order chi connectivity index (χ1) is 13.0. The molecule has 2 amide bonds. The monoisotopic (exact) mass is 380 g/mol. The lowest BCUT2D eigenvalue weighted by molar-refractivity contribution is -0.120. The van der Waals surface area contributed by atoms with E-state index in [9.17, 15) is 9.59 Å². The molecular weight excluding hydrogens is 360 g/mol. The minimum Gasteiger partial charge on any atom is -0.366 e. The van der Waals surface area contributed by atoms with Crippen LogP contribution < -0.4 is 4.90 Å². The zero-order valence-electron chi connectivity index (χ0n) is 15.5. The molecule has 1 saturated heterocycles. The Morgan fingerprint density at radius 1 is 0.889 bits per heavy atom. The van der Waals surface area contributed by atoms with Crippen molar-refractivity contribution in [1.29, 1.82) is 0 Å². The third kappa shape index (κ3) is 3.04. The quantitative estimate of drug-likeness (QED) is 0.744. The second kappa shape index (κ2) is 6.86. The molecular formula is C22H21ClN2O2. The minimum absolute atomic E-state index is 0.247. The van der Waals surface area contributed by atoms with Gasteiger partial charge in [0.25, 0.3) is 11.8 Å². The van der Waals surface area contributed by atoms with Gasteiger partial charge < -0.3 is 4.90 Å². The van der Waals surface area contributed by atoms with Crippen molar-refractivity contribution < 1.29 is 9.59 Å². The highest BCUT2D eigenvalue weighted by molar-refractivity contribution is 6.45. The fourth-order valence-electron chi connectivity index (χ4n) is 3.82. The summed E-state index contributed by atoms with van der Waals surface area (Å²) in [6.07, 6.45) is 2.07. The molecule has 0 spiro atoms. The predicted octanol–water partition coefficient (Wildman–Crippen LogP) is 4.34. The van der Waals surface area contributed by atoms with E-state index in [1.165, 1.54) is 4.90 Å². The van der Waals surface area contributed by atoms with Gasteiger partial charge in [0.05, 0.1) is 11.3 Å². The smallest absolute Gasteiger partial charge is 0.282 e. The summed E-state index contributed by atoms with van der Waals surface area (Å²) in [6, 6.07) is 13.0. The van der Waals surface area contributed by atoms with Gasteiger partial charge in [-0.15, -0.1) is 0 Å². The number of benzene rings is 2. The van der Waals surface area contributed by atoms with Crippen LogP contribution in [0.1, 0.15) is 29.5 Å². The van der Waals surface area contributed by atoms with E-state index < -0.39 is 0 Å². The Morgan fingerprint density at radius 2 is 1.56 bits per heavy atom. The Balaban J connectivity index is 1.85. The van der Waals surface area contributed by atoms with Gasteiger partial charge >= 0.3 is 0 Å². The Kier molecular flexibility index (Phi) is 4.52. The molecule has 138 valence electrons. The molecule has 0 N–H and O–H groups in total. The van der Waals surface area contributed by atoms with Crippen LogP contribution in [0.2, 0.25) is 5.02 Å². The highest BCUT2D eigenvalue weighted by atomic mass is 35.5. The fraction of sp³-hybridized carbons (Fsp3) is 0.273. The lowest BCUT2D eigenvalue weighted by atomic mass is 10.0. The van der Waals surface area contributed by atoms with Crippen molar-refractivity contribution in [3.8, 4) is 0 Å². The van der Waals surface area contributed by atoms with Gasteiger partial charge in [-0.25, -0.2) is 4.90 Å². The maximum absolute atomic E-state index is 13.4. The molecule has 0 aromatic heterocycles. The number of nitrogens with zero attached hydrogens (tertiary/aromatic N) is 2. The van der Waals surface area contributed by atoms with Crippen LogP contribution in [0.15, 0.2) is 48.2 Å². The van der Waals surface area contributed by atoms with Crippen LogP contribution in [0.4, 0.5) is 5.69 Å². The SMILES string of the molecule is Cc1ccc(C2=C(N3CCCC3)C(=O)N(c3ccc(Cl)cc3C)C2=O)cc1. The second-order valence-corrected chi connectivity index (χ2v) is 7.60. The average molecular weight is 381 g/mol. The number of hydrogen-bond acceptors (Lipinski definition) is 3. The topological polar surface area (TPSA) is 40.6 Å². The molecule has 5 heteroatoms. The maximum atomic E-state index is 13.4. The lowest BCUT2D eigenvalue weighted by Gasteiger charge is -2.21. The molecule has 0 unspecified atom stereocenters. The van der Waals surface area contributed by atoms with Crippen LogP contribution >= 0.6 is 11.6 Å². The molecule has 4 rings (SSSR count). The third-order valence-corrected chi connectivity index (χ3v) is 5.46. The first kappa shape index (κ1) is 17.8. The molecule has 2 aliphatic rings. The molecule has 4 nitrogen and oxygen atoms in total. The fourth-order valence-corrected chi connectivity index (χ4v) is 4.05. The minimum atomic E-state index is -0.267. The highest BCUT2D eigenvalue weighted by Gasteiger charge is 2.43. The van der Waals surface area contributed by atoms with Gasteiger partial charge in [0, 0.05) is 18.1 Å². The van der Waals surface area contributed by atoms with E-state index in [0.29, 0.717) is 22.0 Å². The van der Waals surface area contributed by atoms with E-state index in [-0.39, 0.29) is 11.8 Å². The number of halogens is 1. The summed E-state index contributed by atoms with van der Waals surface area (Å²) in [5, 5.41) is 0.585. The predicted molar refractivity (Wildman–Crippen MR) is 108 cm³/mol. The summed E-state index contributed by atoms with van der Waals surface area (Å²) in [7, 11) is 0. The molecule has 1 fully saturated rings. The number of hydrogen-bond donors (Lipinski definition) is 0. The highest BCUT2D eigenvalue weighted by Crippen LogP contribution is 2.37. The molecule has 0 saturated carbocycles. The van der Waals surface area contributed by atoms with Crippen LogP contribution in [-0.4, -0.2) is 29.8 Å². The van der Waals surface area contributed by atoms with Crippen LogP contribution in [0.25, 0.3) is 5.57 Å². The summed E-state index contributed by atoms with van der Waals surface area (Å²) in [6.45, 7) is 5.47. The number of amides is 2. The van der Waals surface area contributed by atoms with Gasteiger partial charge in [-0.1, -0.05) is 41.4 Å². The number of carbonyl (C=O) groups is 2. The van der Waals surface area contributed by atoms with E-state index in [0.717, 1.165) is 42.6 Å². The molecule has 2 aromatic rings. The maximum Gasteiger partial charge on any atom is 0.282 e. The largest absolute Gasteiger partial charge is 0.366 e. The number of imide groups is 1. The third-order valence-electron chi connectivity index (χ3n) is 5.22. The number of rotatable bonds is 3. The van der Waals surface area contributed by atoms with Gasteiger partial charge in [-0.05, 0) is 56.0 Å². The number of aryl methyl sites for hydroxylation is 2.